The highest BCUT2D eigenvalue weighted by Gasteiger charge is 2.50. The number of rotatable bonds is 37. The zero-order valence-corrected chi connectivity index (χ0v) is 44.8. The lowest BCUT2D eigenvalue weighted by atomic mass is 9.60. The molecule has 3 rings (SSSR count). The Bertz CT molecular complexity index is 1310. The first-order valence-electron chi connectivity index (χ1n) is 28.7. The highest BCUT2D eigenvalue weighted by molar-refractivity contribution is 5.69. The molecule has 0 aliphatic heterocycles. The number of hydrogen-bond donors (Lipinski definition) is 1. The van der Waals surface area contributed by atoms with Gasteiger partial charge in [0.2, 0.25) is 0 Å². The third kappa shape index (κ3) is 25.6. The summed E-state index contributed by atoms with van der Waals surface area (Å²) in [5, 5.41) is 9.09. The zero-order valence-electron chi connectivity index (χ0n) is 44.8. The molecule has 1 N–H and O–H groups in total. The SMILES string of the molecule is C=C1CCC(OC=O)C/C1=C/C=C1\CCCC2(C)C1CCC2C(C)CCCC(C)C.CCCCCCCCC(CCCCCC)OC(=O)CCCCCCN(CCCCO)CCCCCC. The second kappa shape index (κ2) is 37.9. The Kier molecular flexibility index (Phi) is 34.6. The lowest BCUT2D eigenvalue weighted by molar-refractivity contribution is -0.150. The summed E-state index contributed by atoms with van der Waals surface area (Å²) in [6.45, 7) is 25.2. The van der Waals surface area contributed by atoms with Crippen molar-refractivity contribution < 1.29 is 24.2 Å². The molecular formula is C60H109NO5. The molecule has 3 fully saturated rings. The molecular weight excluding hydrogens is 815 g/mol. The smallest absolute Gasteiger partial charge is 0.306 e. The van der Waals surface area contributed by atoms with Gasteiger partial charge in [-0.25, -0.2) is 0 Å². The van der Waals surface area contributed by atoms with Crippen LogP contribution >= 0.6 is 0 Å². The summed E-state index contributed by atoms with van der Waals surface area (Å²) < 4.78 is 11.2. The summed E-state index contributed by atoms with van der Waals surface area (Å²) in [5.74, 6) is 3.33. The van der Waals surface area contributed by atoms with Gasteiger partial charge in [-0.15, -0.1) is 0 Å². The van der Waals surface area contributed by atoms with Crippen LogP contribution in [0.2, 0.25) is 0 Å². The number of carbonyl (C=O) groups excluding carboxylic acids is 2. The van der Waals surface area contributed by atoms with Crippen molar-refractivity contribution in [3.8, 4) is 0 Å². The van der Waals surface area contributed by atoms with Crippen molar-refractivity contribution in [1.29, 1.82) is 0 Å². The van der Waals surface area contributed by atoms with Crippen molar-refractivity contribution in [3.63, 3.8) is 0 Å². The van der Waals surface area contributed by atoms with Crippen molar-refractivity contribution in [2.24, 2.45) is 29.1 Å². The molecule has 0 spiro atoms. The standard InChI is InChI=1S/C32H65NO3.C28H44O2/c1-4-7-10-13-14-18-25-31(24-17-11-8-5-2)36-32(35)26-19-15-16-21-28-33(29-22-23-30-34)27-20-12-9-6-3;1-20(2)8-6-9-22(4)26-15-16-27-23(10-7-17-28(26,27)5)12-13-24-18-25(30-19-29)14-11-21(24)3/h31,34H,4-30H2,1-3H3;12-13,19-20,22,25-27H,3,6-11,14-18H2,1-2,4-5H3/b;23-12+,24-13-. The van der Waals surface area contributed by atoms with Crippen LogP contribution in [0.25, 0.3) is 0 Å². The van der Waals surface area contributed by atoms with Crippen molar-refractivity contribution >= 4 is 12.4 Å². The molecule has 0 bridgehead atoms. The van der Waals surface area contributed by atoms with Gasteiger partial charge in [0.05, 0.1) is 0 Å². The first kappa shape index (κ1) is 60.2. The number of ether oxygens (including phenoxy) is 2. The topological polar surface area (TPSA) is 76.1 Å². The van der Waals surface area contributed by atoms with E-state index >= 15 is 0 Å². The summed E-state index contributed by atoms with van der Waals surface area (Å²) in [4.78, 5) is 25.8. The highest BCUT2D eigenvalue weighted by Crippen LogP contribution is 2.60. The van der Waals surface area contributed by atoms with Gasteiger partial charge in [0, 0.05) is 19.4 Å². The van der Waals surface area contributed by atoms with Crippen molar-refractivity contribution in [3.05, 3.63) is 35.5 Å². The summed E-state index contributed by atoms with van der Waals surface area (Å²) in [5.41, 5.74) is 4.65. The van der Waals surface area contributed by atoms with Crippen LogP contribution in [-0.4, -0.2) is 60.9 Å². The minimum absolute atomic E-state index is 0.0248. The number of esters is 1. The van der Waals surface area contributed by atoms with E-state index < -0.39 is 0 Å². The average molecular weight is 925 g/mol. The van der Waals surface area contributed by atoms with Crippen molar-refractivity contribution in [2.45, 2.75) is 279 Å². The molecule has 3 aliphatic carbocycles. The Morgan fingerprint density at radius 2 is 1.32 bits per heavy atom. The van der Waals surface area contributed by atoms with E-state index in [9.17, 15) is 9.59 Å². The molecule has 0 radical (unpaired) electrons. The van der Waals surface area contributed by atoms with E-state index in [2.05, 4.69) is 72.1 Å². The monoisotopic (exact) mass is 924 g/mol. The fraction of sp³-hybridized carbons (Fsp3) is 0.867. The van der Waals surface area contributed by atoms with E-state index in [1.54, 1.807) is 5.57 Å². The Morgan fingerprint density at radius 3 is 1.95 bits per heavy atom. The first-order valence-corrected chi connectivity index (χ1v) is 28.7. The number of aliphatic hydroxyl groups excluding tert-OH is 1. The largest absolute Gasteiger partial charge is 0.464 e. The van der Waals surface area contributed by atoms with Gasteiger partial charge in [0.1, 0.15) is 12.2 Å². The van der Waals surface area contributed by atoms with Gasteiger partial charge in [0.15, 0.2) is 0 Å². The maximum absolute atomic E-state index is 12.5. The van der Waals surface area contributed by atoms with Gasteiger partial charge >= 0.3 is 5.97 Å². The van der Waals surface area contributed by atoms with Crippen LogP contribution in [-0.2, 0) is 19.1 Å². The fourth-order valence-electron chi connectivity index (χ4n) is 11.8. The molecule has 6 nitrogen and oxygen atoms in total. The predicted octanol–water partition coefficient (Wildman–Crippen LogP) is 17.0. The van der Waals surface area contributed by atoms with Crippen molar-refractivity contribution in [2.75, 3.05) is 26.2 Å². The quantitative estimate of drug-likeness (QED) is 0.0380. The van der Waals surface area contributed by atoms with Crippen LogP contribution in [0.4, 0.5) is 0 Å². The van der Waals surface area contributed by atoms with Gasteiger partial charge in [0.25, 0.3) is 6.47 Å². The number of carbonyl (C=O) groups is 2. The molecule has 384 valence electrons. The van der Waals surface area contributed by atoms with E-state index in [0.29, 0.717) is 24.9 Å². The van der Waals surface area contributed by atoms with E-state index in [-0.39, 0.29) is 18.2 Å². The van der Waals surface area contributed by atoms with Crippen LogP contribution in [0.5, 0.6) is 0 Å². The molecule has 66 heavy (non-hydrogen) atoms. The summed E-state index contributed by atoms with van der Waals surface area (Å²) in [6, 6.07) is 0. The number of unbranched alkanes of at least 4 members (excludes halogenated alkanes) is 15. The minimum Gasteiger partial charge on any atom is -0.464 e. The molecule has 0 aromatic rings. The van der Waals surface area contributed by atoms with Crippen LogP contribution in [0.3, 0.4) is 0 Å². The minimum atomic E-state index is 0.0248. The van der Waals surface area contributed by atoms with E-state index in [1.165, 1.54) is 172 Å². The van der Waals surface area contributed by atoms with Crippen LogP contribution < -0.4 is 0 Å². The van der Waals surface area contributed by atoms with Crippen LogP contribution in [0.1, 0.15) is 267 Å². The lowest BCUT2D eigenvalue weighted by Crippen LogP contribution is -2.36. The molecule has 0 aromatic carbocycles. The third-order valence-corrected chi connectivity index (χ3v) is 16.0. The summed E-state index contributed by atoms with van der Waals surface area (Å²) >= 11 is 0. The van der Waals surface area contributed by atoms with Gasteiger partial charge in [-0.1, -0.05) is 181 Å². The number of fused-ring (bicyclic) bond motifs is 1. The maximum atomic E-state index is 12.5. The average Bonchev–Trinajstić information content (AvgIpc) is 3.66. The Labute approximate surface area is 409 Å². The fourth-order valence-corrected chi connectivity index (χ4v) is 11.8. The van der Waals surface area contributed by atoms with Gasteiger partial charge in [-0.3, -0.25) is 9.59 Å². The Balaban J connectivity index is 0.000000459. The van der Waals surface area contributed by atoms with Crippen molar-refractivity contribution in [1.82, 2.24) is 4.90 Å². The first-order chi connectivity index (χ1) is 32.0. The normalized spacial score (nSPS) is 22.9. The molecule has 0 aromatic heterocycles. The molecule has 6 heteroatoms. The Hall–Kier alpha value is -1.92. The van der Waals surface area contributed by atoms with Gasteiger partial charge < -0.3 is 19.5 Å². The summed E-state index contributed by atoms with van der Waals surface area (Å²) in [7, 11) is 0. The molecule has 0 saturated heterocycles. The molecule has 0 heterocycles. The van der Waals surface area contributed by atoms with Gasteiger partial charge in [-0.05, 0) is 157 Å². The molecule has 3 aliphatic rings. The van der Waals surface area contributed by atoms with Crippen LogP contribution in [0, 0.1) is 29.1 Å². The predicted molar refractivity (Wildman–Crippen MR) is 283 cm³/mol. The highest BCUT2D eigenvalue weighted by atomic mass is 16.5. The maximum Gasteiger partial charge on any atom is 0.306 e. The molecule has 0 amide bonds. The lowest BCUT2D eigenvalue weighted by Gasteiger charge is -2.44. The number of hydrogen-bond acceptors (Lipinski definition) is 6. The van der Waals surface area contributed by atoms with E-state index in [1.807, 2.05) is 0 Å². The molecule has 6 atom stereocenters. The second-order valence-corrected chi connectivity index (χ2v) is 22.0. The zero-order chi connectivity index (χ0) is 48.3. The second-order valence-electron chi connectivity index (χ2n) is 22.0. The molecule has 6 unspecified atom stereocenters. The number of aliphatic hydroxyl groups is 1. The summed E-state index contributed by atoms with van der Waals surface area (Å²) in [6.07, 6.45) is 45.6. The number of allylic oxidation sites excluding steroid dienone is 4. The third-order valence-electron chi connectivity index (χ3n) is 16.0. The van der Waals surface area contributed by atoms with E-state index in [4.69, 9.17) is 14.6 Å². The van der Waals surface area contributed by atoms with E-state index in [0.717, 1.165) is 94.5 Å². The molecule has 3 saturated carbocycles. The Morgan fingerprint density at radius 1 is 0.727 bits per heavy atom. The van der Waals surface area contributed by atoms with Gasteiger partial charge in [-0.2, -0.15) is 0 Å². The number of nitrogens with zero attached hydrogens (tertiary/aromatic N) is 1. The van der Waals surface area contributed by atoms with Crippen LogP contribution in [0.15, 0.2) is 35.5 Å².